The average Bonchev–Trinajstić information content (AvgIpc) is 3.14. The number of piperazine rings is 1. The van der Waals surface area contributed by atoms with Crippen LogP contribution in [0.2, 0.25) is 5.02 Å². The summed E-state index contributed by atoms with van der Waals surface area (Å²) in [5.74, 6) is 0.538. The normalized spacial score (nSPS) is 14.5. The zero-order chi connectivity index (χ0) is 18.0. The van der Waals surface area contributed by atoms with Gasteiger partial charge in [-0.3, -0.25) is 9.59 Å². The lowest BCUT2D eigenvalue weighted by Crippen LogP contribution is -2.50. The smallest absolute Gasteiger partial charge is 0.289 e. The highest BCUT2D eigenvalue weighted by Gasteiger charge is 2.28. The summed E-state index contributed by atoms with van der Waals surface area (Å²) in [4.78, 5) is 28.5. The first-order valence-corrected chi connectivity index (χ1v) is 8.35. The first kappa shape index (κ1) is 17.4. The van der Waals surface area contributed by atoms with Crippen molar-refractivity contribution in [1.82, 2.24) is 9.80 Å². The predicted molar refractivity (Wildman–Crippen MR) is 93.3 cm³/mol. The maximum Gasteiger partial charge on any atom is 0.289 e. The number of carbonyl (C=O) groups excluding carboxylic acids is 2. The van der Waals surface area contributed by atoms with Crippen LogP contribution < -0.4 is 4.74 Å². The highest BCUT2D eigenvalue weighted by Crippen LogP contribution is 2.29. The predicted octanol–water partition coefficient (Wildman–Crippen LogP) is 2.85. The first-order valence-electron chi connectivity index (χ1n) is 7.97. The van der Waals surface area contributed by atoms with Crippen LogP contribution in [0, 0.1) is 6.92 Å². The highest BCUT2D eigenvalue weighted by molar-refractivity contribution is 6.31. The number of hydrogen-bond donors (Lipinski definition) is 0. The molecule has 0 aliphatic carbocycles. The van der Waals surface area contributed by atoms with Gasteiger partial charge in [-0.15, -0.1) is 0 Å². The summed E-state index contributed by atoms with van der Waals surface area (Å²) < 4.78 is 10.5. The third-order valence-electron chi connectivity index (χ3n) is 4.26. The molecule has 2 aromatic rings. The Bertz CT molecular complexity index is 781. The molecular weight excluding hydrogens is 344 g/mol. The molecule has 1 aromatic heterocycles. The number of halogens is 1. The van der Waals surface area contributed by atoms with Gasteiger partial charge < -0.3 is 19.0 Å². The summed E-state index contributed by atoms with van der Waals surface area (Å²) in [5, 5.41) is 0.494. The summed E-state index contributed by atoms with van der Waals surface area (Å²) in [6.45, 7) is 3.64. The van der Waals surface area contributed by atoms with Crippen molar-refractivity contribution >= 4 is 23.4 Å². The van der Waals surface area contributed by atoms with Crippen molar-refractivity contribution in [3.63, 3.8) is 0 Å². The van der Waals surface area contributed by atoms with Crippen LogP contribution in [0.5, 0.6) is 5.75 Å². The quantitative estimate of drug-likeness (QED) is 0.842. The SMILES string of the molecule is COc1c(C)cc(Cl)cc1C(=O)N1CCN(C(=O)c2ccco2)CC1. The van der Waals surface area contributed by atoms with E-state index >= 15 is 0 Å². The number of methoxy groups -OCH3 is 1. The van der Waals surface area contributed by atoms with Crippen molar-refractivity contribution in [1.29, 1.82) is 0 Å². The monoisotopic (exact) mass is 362 g/mol. The van der Waals surface area contributed by atoms with E-state index in [4.69, 9.17) is 20.8 Å². The Labute approximate surface area is 150 Å². The third kappa shape index (κ3) is 3.49. The second-order valence-corrected chi connectivity index (χ2v) is 6.30. The second kappa shape index (κ2) is 7.19. The zero-order valence-corrected chi connectivity index (χ0v) is 14.9. The van der Waals surface area contributed by atoms with Crippen molar-refractivity contribution in [2.45, 2.75) is 6.92 Å². The number of nitrogens with zero attached hydrogens (tertiary/aromatic N) is 2. The highest BCUT2D eigenvalue weighted by atomic mass is 35.5. The van der Waals surface area contributed by atoms with Crippen molar-refractivity contribution in [2.75, 3.05) is 33.3 Å². The molecule has 1 saturated heterocycles. The number of benzene rings is 1. The van der Waals surface area contributed by atoms with Crippen molar-refractivity contribution < 1.29 is 18.7 Å². The van der Waals surface area contributed by atoms with Gasteiger partial charge in [0.05, 0.1) is 18.9 Å². The minimum absolute atomic E-state index is 0.146. The van der Waals surface area contributed by atoms with Gasteiger partial charge in [-0.1, -0.05) is 11.6 Å². The van der Waals surface area contributed by atoms with Crippen LogP contribution in [0.4, 0.5) is 0 Å². The van der Waals surface area contributed by atoms with Crippen LogP contribution in [-0.2, 0) is 0 Å². The minimum atomic E-state index is -0.159. The van der Waals surface area contributed by atoms with E-state index in [0.29, 0.717) is 48.3 Å². The fraction of sp³-hybridized carbons (Fsp3) is 0.333. The molecule has 1 aromatic carbocycles. The summed E-state index contributed by atoms with van der Waals surface area (Å²) >= 11 is 6.09. The topological polar surface area (TPSA) is 63.0 Å². The van der Waals surface area contributed by atoms with E-state index in [1.807, 2.05) is 6.92 Å². The van der Waals surface area contributed by atoms with Gasteiger partial charge in [0, 0.05) is 31.2 Å². The molecule has 0 bridgehead atoms. The average molecular weight is 363 g/mol. The molecule has 25 heavy (non-hydrogen) atoms. The van der Waals surface area contributed by atoms with E-state index in [1.54, 1.807) is 34.1 Å². The Balaban J connectivity index is 1.71. The van der Waals surface area contributed by atoms with Gasteiger partial charge in [0.25, 0.3) is 11.8 Å². The summed E-state index contributed by atoms with van der Waals surface area (Å²) in [6.07, 6.45) is 1.47. The molecule has 0 atom stereocenters. The molecule has 6 nitrogen and oxygen atoms in total. The summed E-state index contributed by atoms with van der Waals surface area (Å²) in [7, 11) is 1.53. The molecular formula is C18H19ClN2O4. The molecule has 0 unspecified atom stereocenters. The first-order chi connectivity index (χ1) is 12.0. The van der Waals surface area contributed by atoms with E-state index < -0.39 is 0 Å². The summed E-state index contributed by atoms with van der Waals surface area (Å²) in [5.41, 5.74) is 1.25. The van der Waals surface area contributed by atoms with Gasteiger partial charge in [0.2, 0.25) is 0 Å². The standard InChI is InChI=1S/C18H19ClN2O4/c1-12-10-13(19)11-14(16(12)24-2)17(22)20-5-7-21(8-6-20)18(23)15-4-3-9-25-15/h3-4,9-11H,5-8H2,1-2H3. The van der Waals surface area contributed by atoms with Crippen LogP contribution in [0.3, 0.4) is 0 Å². The van der Waals surface area contributed by atoms with Gasteiger partial charge in [0.15, 0.2) is 5.76 Å². The fourth-order valence-electron chi connectivity index (χ4n) is 3.00. The van der Waals surface area contributed by atoms with E-state index in [9.17, 15) is 9.59 Å². The van der Waals surface area contributed by atoms with Gasteiger partial charge in [0.1, 0.15) is 5.75 Å². The molecule has 1 aliphatic rings. The van der Waals surface area contributed by atoms with Crippen LogP contribution in [0.25, 0.3) is 0 Å². The van der Waals surface area contributed by atoms with Gasteiger partial charge >= 0.3 is 0 Å². The summed E-state index contributed by atoms with van der Waals surface area (Å²) in [6, 6.07) is 6.70. The molecule has 0 spiro atoms. The second-order valence-electron chi connectivity index (χ2n) is 5.87. The van der Waals surface area contributed by atoms with Gasteiger partial charge in [-0.25, -0.2) is 0 Å². The van der Waals surface area contributed by atoms with E-state index in [1.165, 1.54) is 13.4 Å². The molecule has 3 rings (SSSR count). The van der Waals surface area contributed by atoms with Crippen LogP contribution >= 0.6 is 11.6 Å². The maximum atomic E-state index is 12.9. The Hall–Kier alpha value is -2.47. The molecule has 1 aliphatic heterocycles. The molecule has 2 heterocycles. The number of rotatable bonds is 3. The fourth-order valence-corrected chi connectivity index (χ4v) is 3.27. The number of ether oxygens (including phenoxy) is 1. The molecule has 132 valence electrons. The minimum Gasteiger partial charge on any atom is -0.496 e. The van der Waals surface area contributed by atoms with Gasteiger partial charge in [-0.2, -0.15) is 0 Å². The van der Waals surface area contributed by atoms with E-state index in [-0.39, 0.29) is 11.8 Å². The number of furan rings is 1. The Kier molecular flexibility index (Phi) is 4.99. The number of aryl methyl sites for hydroxylation is 1. The van der Waals surface area contributed by atoms with E-state index in [2.05, 4.69) is 0 Å². The largest absolute Gasteiger partial charge is 0.496 e. The lowest BCUT2D eigenvalue weighted by molar-refractivity contribution is 0.0516. The molecule has 1 fully saturated rings. The molecule has 7 heteroatoms. The number of hydrogen-bond acceptors (Lipinski definition) is 4. The van der Waals surface area contributed by atoms with Crippen molar-refractivity contribution in [3.8, 4) is 5.75 Å². The molecule has 0 N–H and O–H groups in total. The van der Waals surface area contributed by atoms with E-state index in [0.717, 1.165) is 5.56 Å². The van der Waals surface area contributed by atoms with Crippen LogP contribution in [0.1, 0.15) is 26.5 Å². The lowest BCUT2D eigenvalue weighted by Gasteiger charge is -2.34. The molecule has 0 radical (unpaired) electrons. The Morgan fingerprint density at radius 1 is 1.12 bits per heavy atom. The Morgan fingerprint density at radius 2 is 1.76 bits per heavy atom. The third-order valence-corrected chi connectivity index (χ3v) is 4.48. The number of carbonyl (C=O) groups is 2. The number of amides is 2. The van der Waals surface area contributed by atoms with Crippen LogP contribution in [-0.4, -0.2) is 54.9 Å². The van der Waals surface area contributed by atoms with Gasteiger partial charge in [-0.05, 0) is 36.8 Å². The van der Waals surface area contributed by atoms with Crippen LogP contribution in [0.15, 0.2) is 34.9 Å². The van der Waals surface area contributed by atoms with Crippen molar-refractivity contribution in [3.05, 3.63) is 52.4 Å². The zero-order valence-electron chi connectivity index (χ0n) is 14.1. The molecule has 2 amide bonds. The Morgan fingerprint density at radius 3 is 2.32 bits per heavy atom. The molecule has 0 saturated carbocycles. The van der Waals surface area contributed by atoms with Crippen molar-refractivity contribution in [2.24, 2.45) is 0 Å². The maximum absolute atomic E-state index is 12.9. The lowest BCUT2D eigenvalue weighted by atomic mass is 10.1.